The van der Waals surface area contributed by atoms with Crippen LogP contribution >= 0.6 is 11.6 Å². The number of hydrogen-bond donors (Lipinski definition) is 2. The summed E-state index contributed by atoms with van der Waals surface area (Å²) in [5, 5.41) is 13.6. The maximum absolute atomic E-state index is 9.85. The zero-order chi connectivity index (χ0) is 10.6. The topological polar surface area (TPSA) is 32.3 Å². The van der Waals surface area contributed by atoms with Gasteiger partial charge in [-0.15, -0.1) is 0 Å². The van der Waals surface area contributed by atoms with Crippen molar-refractivity contribution in [2.75, 3.05) is 13.6 Å². The first-order chi connectivity index (χ1) is 6.69. The van der Waals surface area contributed by atoms with E-state index < -0.39 is 0 Å². The van der Waals surface area contributed by atoms with Gasteiger partial charge >= 0.3 is 0 Å². The number of phenolic OH excluding ortho intramolecular Hbond substituents is 1. The zero-order valence-corrected chi connectivity index (χ0v) is 9.36. The molecule has 0 saturated heterocycles. The van der Waals surface area contributed by atoms with Crippen molar-refractivity contribution in [3.05, 3.63) is 28.3 Å². The average Bonchev–Trinajstić information content (AvgIpc) is 2.18. The maximum Gasteiger partial charge on any atom is 0.122 e. The summed E-state index contributed by atoms with van der Waals surface area (Å²) in [6, 6.07) is 3.65. The van der Waals surface area contributed by atoms with E-state index in [1.807, 2.05) is 26.1 Å². The van der Waals surface area contributed by atoms with E-state index in [4.69, 9.17) is 11.6 Å². The number of benzene rings is 1. The Morgan fingerprint density at radius 1 is 1.36 bits per heavy atom. The smallest absolute Gasteiger partial charge is 0.122 e. The van der Waals surface area contributed by atoms with Crippen molar-refractivity contribution in [1.82, 2.24) is 5.32 Å². The summed E-state index contributed by atoms with van der Waals surface area (Å²) in [5.41, 5.74) is 1.84. The number of hydrogen-bond acceptors (Lipinski definition) is 2. The minimum absolute atomic E-state index is 0.396. The van der Waals surface area contributed by atoms with E-state index >= 15 is 0 Å². The number of aromatic hydroxyl groups is 1. The number of nitrogens with one attached hydrogen (secondary N) is 1. The first-order valence-corrected chi connectivity index (χ1v) is 5.21. The van der Waals surface area contributed by atoms with Gasteiger partial charge in [-0.25, -0.2) is 0 Å². The molecule has 2 nitrogen and oxygen atoms in total. The Hall–Kier alpha value is -0.730. The van der Waals surface area contributed by atoms with Crippen LogP contribution in [0.25, 0.3) is 0 Å². The van der Waals surface area contributed by atoms with Crippen LogP contribution in [0.3, 0.4) is 0 Å². The number of rotatable bonds is 4. The van der Waals surface area contributed by atoms with Crippen molar-refractivity contribution in [2.45, 2.75) is 19.8 Å². The standard InChI is InChI=1S/C11H16ClNO/c1-3-8-6-10(12)7-9(11(8)14)4-5-13-2/h6-7,13-14H,3-5H2,1-2H3. The number of likely N-dealkylation sites (N-methyl/N-ethyl adjacent to an activating group) is 1. The molecule has 1 rings (SSSR count). The predicted octanol–water partition coefficient (Wildman–Crippen LogP) is 2.37. The van der Waals surface area contributed by atoms with Crippen LogP contribution in [0, 0.1) is 0 Å². The van der Waals surface area contributed by atoms with Gasteiger partial charge in [-0.2, -0.15) is 0 Å². The van der Waals surface area contributed by atoms with Crippen LogP contribution in [0.2, 0.25) is 5.02 Å². The van der Waals surface area contributed by atoms with Gasteiger partial charge in [0.15, 0.2) is 0 Å². The first-order valence-electron chi connectivity index (χ1n) is 4.84. The van der Waals surface area contributed by atoms with Crippen LogP contribution in [0.4, 0.5) is 0 Å². The predicted molar refractivity (Wildman–Crippen MR) is 60.1 cm³/mol. The fourth-order valence-electron chi connectivity index (χ4n) is 1.44. The Morgan fingerprint density at radius 2 is 2.00 bits per heavy atom. The maximum atomic E-state index is 9.85. The van der Waals surface area contributed by atoms with Gasteiger partial charge in [-0.3, -0.25) is 0 Å². The highest BCUT2D eigenvalue weighted by Gasteiger charge is 2.07. The van der Waals surface area contributed by atoms with E-state index in [2.05, 4.69) is 5.32 Å². The quantitative estimate of drug-likeness (QED) is 0.805. The van der Waals surface area contributed by atoms with Crippen LogP contribution < -0.4 is 5.32 Å². The molecular weight excluding hydrogens is 198 g/mol. The lowest BCUT2D eigenvalue weighted by atomic mass is 10.0. The fourth-order valence-corrected chi connectivity index (χ4v) is 1.70. The van der Waals surface area contributed by atoms with Crippen LogP contribution in [0.5, 0.6) is 5.75 Å². The molecule has 0 atom stereocenters. The zero-order valence-electron chi connectivity index (χ0n) is 8.60. The third-order valence-corrected chi connectivity index (χ3v) is 2.48. The normalized spacial score (nSPS) is 10.5. The lowest BCUT2D eigenvalue weighted by molar-refractivity contribution is 0.461. The summed E-state index contributed by atoms with van der Waals surface area (Å²) in [6.07, 6.45) is 1.61. The number of halogens is 1. The van der Waals surface area contributed by atoms with E-state index in [1.165, 1.54) is 0 Å². The Morgan fingerprint density at radius 3 is 2.57 bits per heavy atom. The minimum Gasteiger partial charge on any atom is -0.507 e. The van der Waals surface area contributed by atoms with Gasteiger partial charge in [0, 0.05) is 5.02 Å². The van der Waals surface area contributed by atoms with E-state index in [0.717, 1.165) is 30.5 Å². The van der Waals surface area contributed by atoms with Gasteiger partial charge in [-0.1, -0.05) is 18.5 Å². The van der Waals surface area contributed by atoms with Crippen LogP contribution in [-0.2, 0) is 12.8 Å². The van der Waals surface area contributed by atoms with Gasteiger partial charge in [0.05, 0.1) is 0 Å². The third kappa shape index (κ3) is 2.63. The monoisotopic (exact) mass is 213 g/mol. The summed E-state index contributed by atoms with van der Waals surface area (Å²) in [5.74, 6) is 0.396. The molecule has 0 amide bonds. The molecule has 0 heterocycles. The third-order valence-electron chi connectivity index (χ3n) is 2.26. The molecule has 0 saturated carbocycles. The summed E-state index contributed by atoms with van der Waals surface area (Å²) in [6.45, 7) is 2.85. The highest BCUT2D eigenvalue weighted by Crippen LogP contribution is 2.27. The summed E-state index contributed by atoms with van der Waals surface area (Å²) in [4.78, 5) is 0. The second-order valence-electron chi connectivity index (χ2n) is 3.28. The Balaban J connectivity index is 2.96. The molecule has 0 aliphatic heterocycles. The summed E-state index contributed by atoms with van der Waals surface area (Å²) in [7, 11) is 1.89. The molecule has 78 valence electrons. The first kappa shape index (κ1) is 11.3. The molecule has 14 heavy (non-hydrogen) atoms. The van der Waals surface area contributed by atoms with E-state index in [9.17, 15) is 5.11 Å². The van der Waals surface area contributed by atoms with Crippen molar-refractivity contribution in [3.8, 4) is 5.75 Å². The Bertz CT molecular complexity index is 312. The largest absolute Gasteiger partial charge is 0.507 e. The molecule has 0 radical (unpaired) electrons. The molecule has 0 aromatic heterocycles. The number of aryl methyl sites for hydroxylation is 1. The summed E-state index contributed by atoms with van der Waals surface area (Å²) >= 11 is 5.95. The second kappa shape index (κ2) is 5.23. The molecule has 1 aromatic rings. The average molecular weight is 214 g/mol. The van der Waals surface area contributed by atoms with Gasteiger partial charge in [0.1, 0.15) is 5.75 Å². The van der Waals surface area contributed by atoms with Crippen LogP contribution in [-0.4, -0.2) is 18.7 Å². The van der Waals surface area contributed by atoms with Crippen molar-refractivity contribution in [1.29, 1.82) is 0 Å². The van der Waals surface area contributed by atoms with Crippen molar-refractivity contribution < 1.29 is 5.11 Å². The molecule has 0 unspecified atom stereocenters. The van der Waals surface area contributed by atoms with Crippen molar-refractivity contribution in [2.24, 2.45) is 0 Å². The molecule has 2 N–H and O–H groups in total. The molecule has 1 aromatic carbocycles. The molecule has 0 spiro atoms. The van der Waals surface area contributed by atoms with Crippen LogP contribution in [0.1, 0.15) is 18.1 Å². The molecule has 0 aliphatic rings. The van der Waals surface area contributed by atoms with E-state index in [0.29, 0.717) is 10.8 Å². The van der Waals surface area contributed by atoms with Gasteiger partial charge in [-0.05, 0) is 49.7 Å². The molecule has 3 heteroatoms. The molecule has 0 aliphatic carbocycles. The Kier molecular flexibility index (Phi) is 4.23. The highest BCUT2D eigenvalue weighted by atomic mass is 35.5. The summed E-state index contributed by atoms with van der Waals surface area (Å²) < 4.78 is 0. The fraction of sp³-hybridized carbons (Fsp3) is 0.455. The molecule has 0 bridgehead atoms. The molecular formula is C11H16ClNO. The number of phenols is 1. The van der Waals surface area contributed by atoms with E-state index in [1.54, 1.807) is 0 Å². The minimum atomic E-state index is 0.396. The van der Waals surface area contributed by atoms with Crippen molar-refractivity contribution >= 4 is 11.6 Å². The molecule has 0 fully saturated rings. The van der Waals surface area contributed by atoms with Gasteiger partial charge in [0.2, 0.25) is 0 Å². The highest BCUT2D eigenvalue weighted by molar-refractivity contribution is 6.30. The van der Waals surface area contributed by atoms with Gasteiger partial charge < -0.3 is 10.4 Å². The Labute approximate surface area is 89.9 Å². The lowest BCUT2D eigenvalue weighted by Crippen LogP contribution is -2.10. The SMILES string of the molecule is CCc1cc(Cl)cc(CCNC)c1O. The van der Waals surface area contributed by atoms with Gasteiger partial charge in [0.25, 0.3) is 0 Å². The second-order valence-corrected chi connectivity index (χ2v) is 3.72. The van der Waals surface area contributed by atoms with Crippen LogP contribution in [0.15, 0.2) is 12.1 Å². The lowest BCUT2D eigenvalue weighted by Gasteiger charge is -2.09. The van der Waals surface area contributed by atoms with E-state index in [-0.39, 0.29) is 0 Å². The van der Waals surface area contributed by atoms with Crippen molar-refractivity contribution in [3.63, 3.8) is 0 Å².